The van der Waals surface area contributed by atoms with Crippen LogP contribution < -0.4 is 5.73 Å². The molecule has 0 radical (unpaired) electrons. The van der Waals surface area contributed by atoms with Gasteiger partial charge in [-0.15, -0.1) is 0 Å². The molecule has 1 aliphatic heterocycles. The summed E-state index contributed by atoms with van der Waals surface area (Å²) in [5.41, 5.74) is 7.11. The smallest absolute Gasteiger partial charge is 0.273 e. The van der Waals surface area contributed by atoms with Crippen LogP contribution in [0, 0.1) is 6.92 Å². The minimum absolute atomic E-state index is 0.0455. The lowest BCUT2D eigenvalue weighted by molar-refractivity contribution is -0.134. The van der Waals surface area contributed by atoms with E-state index in [0.29, 0.717) is 43.2 Å². The summed E-state index contributed by atoms with van der Waals surface area (Å²) in [5.74, 6) is 0.200. The first-order valence-corrected chi connectivity index (χ1v) is 8.62. The van der Waals surface area contributed by atoms with Crippen molar-refractivity contribution < 1.29 is 9.59 Å². The molecule has 0 aliphatic carbocycles. The molecule has 134 valence electrons. The molecule has 0 spiro atoms. The van der Waals surface area contributed by atoms with Gasteiger partial charge in [-0.05, 0) is 33.3 Å². The molecule has 25 heavy (non-hydrogen) atoms. The normalized spacial score (nSPS) is 20.2. The fraction of sp³-hybridized carbons (Fsp3) is 0.529. The first-order valence-electron chi connectivity index (χ1n) is 8.62. The number of aryl methyl sites for hydroxylation is 1. The summed E-state index contributed by atoms with van der Waals surface area (Å²) in [5, 5.41) is 0. The van der Waals surface area contributed by atoms with E-state index in [1.165, 1.54) is 0 Å². The van der Waals surface area contributed by atoms with Gasteiger partial charge in [-0.25, -0.2) is 9.97 Å². The van der Waals surface area contributed by atoms with Crippen LogP contribution in [0.3, 0.4) is 0 Å². The van der Waals surface area contributed by atoms with Crippen LogP contribution in [-0.4, -0.2) is 67.7 Å². The second-order valence-corrected chi connectivity index (χ2v) is 6.32. The molecule has 1 saturated heterocycles. The molecule has 2 aromatic heterocycles. The van der Waals surface area contributed by atoms with E-state index >= 15 is 0 Å². The molecule has 0 aromatic carbocycles. The van der Waals surface area contributed by atoms with E-state index in [0.717, 1.165) is 0 Å². The molecule has 2 atom stereocenters. The van der Waals surface area contributed by atoms with Crippen molar-refractivity contribution in [3.63, 3.8) is 0 Å². The predicted molar refractivity (Wildman–Crippen MR) is 93.1 cm³/mol. The quantitative estimate of drug-likeness (QED) is 0.868. The zero-order valence-corrected chi connectivity index (χ0v) is 14.8. The van der Waals surface area contributed by atoms with Gasteiger partial charge in [-0.2, -0.15) is 0 Å². The van der Waals surface area contributed by atoms with Crippen LogP contribution in [0.15, 0.2) is 18.5 Å². The summed E-state index contributed by atoms with van der Waals surface area (Å²) in [7, 11) is 0. The Bertz CT molecular complexity index is 798. The second kappa shape index (κ2) is 6.79. The van der Waals surface area contributed by atoms with Crippen LogP contribution in [0.5, 0.6) is 0 Å². The van der Waals surface area contributed by atoms with Crippen molar-refractivity contribution in [2.45, 2.75) is 39.3 Å². The predicted octanol–water partition coefficient (Wildman–Crippen LogP) is 0.448. The van der Waals surface area contributed by atoms with E-state index in [2.05, 4.69) is 9.97 Å². The van der Waals surface area contributed by atoms with E-state index in [1.807, 2.05) is 13.8 Å². The molecule has 8 heteroatoms. The standard InChI is InChI=1S/C17H24N6O2/c1-4-21(5-2)15(24)13-9-12(18)10-23(13)16(25)14-11(3)20-17-19-7-6-8-22(14)17/h6-8,12-13H,4-5,9-10,18H2,1-3H3/t12-,13+/m1/s1. The molecular weight excluding hydrogens is 320 g/mol. The molecule has 3 heterocycles. The number of likely N-dealkylation sites (N-methyl/N-ethyl adjacent to an activating group) is 1. The maximum absolute atomic E-state index is 13.2. The number of carbonyl (C=O) groups excluding carboxylic acids is 2. The Morgan fingerprint density at radius 1 is 1.36 bits per heavy atom. The average molecular weight is 344 g/mol. The maximum atomic E-state index is 13.2. The topological polar surface area (TPSA) is 96.8 Å². The Balaban J connectivity index is 1.96. The highest BCUT2D eigenvalue weighted by Crippen LogP contribution is 2.23. The molecule has 0 saturated carbocycles. The molecule has 0 unspecified atom stereocenters. The third-order valence-electron chi connectivity index (χ3n) is 4.74. The Hall–Kier alpha value is -2.48. The van der Waals surface area contributed by atoms with Gasteiger partial charge < -0.3 is 15.5 Å². The molecule has 2 aromatic rings. The van der Waals surface area contributed by atoms with Gasteiger partial charge in [0.25, 0.3) is 5.91 Å². The highest BCUT2D eigenvalue weighted by molar-refractivity contribution is 5.98. The van der Waals surface area contributed by atoms with Crippen LogP contribution in [-0.2, 0) is 4.79 Å². The molecule has 8 nitrogen and oxygen atoms in total. The summed E-state index contributed by atoms with van der Waals surface area (Å²) in [6, 6.07) is 1.02. The minimum atomic E-state index is -0.524. The molecule has 3 rings (SSSR count). The number of imidazole rings is 1. The van der Waals surface area contributed by atoms with Crippen molar-refractivity contribution in [3.05, 3.63) is 29.8 Å². The lowest BCUT2D eigenvalue weighted by Crippen LogP contribution is -2.48. The third-order valence-corrected chi connectivity index (χ3v) is 4.74. The number of hydrogen-bond acceptors (Lipinski definition) is 5. The van der Waals surface area contributed by atoms with Crippen molar-refractivity contribution in [1.29, 1.82) is 0 Å². The monoisotopic (exact) mass is 344 g/mol. The summed E-state index contributed by atoms with van der Waals surface area (Å²) in [6.45, 7) is 7.23. The highest BCUT2D eigenvalue weighted by atomic mass is 16.2. The van der Waals surface area contributed by atoms with Gasteiger partial charge in [0.05, 0.1) is 5.69 Å². The third kappa shape index (κ3) is 2.97. The number of rotatable bonds is 4. The number of carbonyl (C=O) groups is 2. The zero-order chi connectivity index (χ0) is 18.1. The molecule has 2 N–H and O–H groups in total. The lowest BCUT2D eigenvalue weighted by Gasteiger charge is -2.28. The van der Waals surface area contributed by atoms with Crippen molar-refractivity contribution in [3.8, 4) is 0 Å². The lowest BCUT2D eigenvalue weighted by atomic mass is 10.1. The van der Waals surface area contributed by atoms with Crippen LogP contribution in [0.1, 0.15) is 36.5 Å². The van der Waals surface area contributed by atoms with Crippen molar-refractivity contribution >= 4 is 17.6 Å². The Labute approximate surface area is 146 Å². The summed E-state index contributed by atoms with van der Waals surface area (Å²) in [6.07, 6.45) is 3.87. The molecule has 1 fully saturated rings. The number of aromatic nitrogens is 3. The number of nitrogens with zero attached hydrogens (tertiary/aromatic N) is 5. The van der Waals surface area contributed by atoms with E-state index in [4.69, 9.17) is 5.73 Å². The SMILES string of the molecule is CCN(CC)C(=O)[C@@H]1C[C@@H](N)CN1C(=O)c1c(C)nc2ncccn12. The van der Waals surface area contributed by atoms with Crippen LogP contribution in [0.2, 0.25) is 0 Å². The van der Waals surface area contributed by atoms with Gasteiger partial charge in [-0.1, -0.05) is 0 Å². The van der Waals surface area contributed by atoms with Gasteiger partial charge in [0.1, 0.15) is 11.7 Å². The maximum Gasteiger partial charge on any atom is 0.273 e. The van der Waals surface area contributed by atoms with Crippen LogP contribution >= 0.6 is 0 Å². The first-order chi connectivity index (χ1) is 12.0. The summed E-state index contributed by atoms with van der Waals surface area (Å²) in [4.78, 5) is 37.9. The zero-order valence-electron chi connectivity index (χ0n) is 14.8. The molecule has 2 amide bonds. The Kier molecular flexibility index (Phi) is 4.71. The number of likely N-dealkylation sites (tertiary alicyclic amines) is 1. The average Bonchev–Trinajstić information content (AvgIpc) is 3.14. The van der Waals surface area contributed by atoms with Crippen molar-refractivity contribution in [2.24, 2.45) is 5.73 Å². The molecule has 0 bridgehead atoms. The summed E-state index contributed by atoms with van der Waals surface area (Å²) >= 11 is 0. The van der Waals surface area contributed by atoms with Crippen molar-refractivity contribution in [2.75, 3.05) is 19.6 Å². The van der Waals surface area contributed by atoms with E-state index in [9.17, 15) is 9.59 Å². The van der Waals surface area contributed by atoms with Crippen molar-refractivity contribution in [1.82, 2.24) is 24.2 Å². The van der Waals surface area contributed by atoms with E-state index < -0.39 is 6.04 Å². The Morgan fingerprint density at radius 2 is 2.08 bits per heavy atom. The van der Waals surface area contributed by atoms with E-state index in [-0.39, 0.29) is 17.9 Å². The van der Waals surface area contributed by atoms with Crippen LogP contribution in [0.4, 0.5) is 0 Å². The largest absolute Gasteiger partial charge is 0.341 e. The number of nitrogens with two attached hydrogens (primary N) is 1. The fourth-order valence-corrected chi connectivity index (χ4v) is 3.46. The van der Waals surface area contributed by atoms with Crippen LogP contribution in [0.25, 0.3) is 5.78 Å². The number of hydrogen-bond donors (Lipinski definition) is 1. The highest BCUT2D eigenvalue weighted by Gasteiger charge is 2.41. The second-order valence-electron chi connectivity index (χ2n) is 6.32. The van der Waals surface area contributed by atoms with Gasteiger partial charge in [0, 0.05) is 38.1 Å². The van der Waals surface area contributed by atoms with Gasteiger partial charge in [0.15, 0.2) is 0 Å². The molecule has 1 aliphatic rings. The number of amides is 2. The van der Waals surface area contributed by atoms with E-state index in [1.54, 1.807) is 39.6 Å². The Morgan fingerprint density at radius 3 is 2.76 bits per heavy atom. The molecular formula is C17H24N6O2. The fourth-order valence-electron chi connectivity index (χ4n) is 3.46. The first kappa shape index (κ1) is 17.3. The van der Waals surface area contributed by atoms with Gasteiger partial charge >= 0.3 is 0 Å². The minimum Gasteiger partial charge on any atom is -0.341 e. The van der Waals surface area contributed by atoms with Gasteiger partial charge in [-0.3, -0.25) is 14.0 Å². The number of fused-ring (bicyclic) bond motifs is 1. The summed E-state index contributed by atoms with van der Waals surface area (Å²) < 4.78 is 1.67. The van der Waals surface area contributed by atoms with Gasteiger partial charge in [0.2, 0.25) is 11.7 Å².